The van der Waals surface area contributed by atoms with Gasteiger partial charge in [0.1, 0.15) is 0 Å². The number of rotatable bonds is 6. The van der Waals surface area contributed by atoms with Crippen molar-refractivity contribution in [1.29, 1.82) is 0 Å². The summed E-state index contributed by atoms with van der Waals surface area (Å²) >= 11 is 0. The summed E-state index contributed by atoms with van der Waals surface area (Å²) in [4.78, 5) is 2.41. The molecule has 0 bridgehead atoms. The van der Waals surface area contributed by atoms with Crippen molar-refractivity contribution in [2.75, 3.05) is 25.4 Å². The van der Waals surface area contributed by atoms with Gasteiger partial charge in [0, 0.05) is 25.2 Å². The highest BCUT2D eigenvalue weighted by Crippen LogP contribution is 2.28. The predicted molar refractivity (Wildman–Crippen MR) is 83.8 cm³/mol. The van der Waals surface area contributed by atoms with E-state index in [1.54, 1.807) is 20.8 Å². The smallest absolute Gasteiger partial charge is 0.156 e. The van der Waals surface area contributed by atoms with Crippen LogP contribution >= 0.6 is 0 Å². The molecule has 2 aliphatic rings. The lowest BCUT2D eigenvalue weighted by molar-refractivity contribution is 0.225. The van der Waals surface area contributed by atoms with Crippen LogP contribution in [0.1, 0.15) is 52.9 Å². The van der Waals surface area contributed by atoms with E-state index in [0.29, 0.717) is 24.4 Å². The summed E-state index contributed by atoms with van der Waals surface area (Å²) in [6, 6.07) is 1.19. The van der Waals surface area contributed by atoms with E-state index in [4.69, 9.17) is 0 Å². The van der Waals surface area contributed by atoms with Gasteiger partial charge in [-0.1, -0.05) is 6.42 Å². The topological polar surface area (TPSA) is 49.4 Å². The minimum atomic E-state index is -3.00. The standard InChI is InChI=1S/C15H30N2O2S/c1-15(2,3)20(18,19)11-10-17(14-7-8-14)12-13-6-4-5-9-16-13/h13-14,16H,4-12H2,1-3H3. The predicted octanol–water partition coefficient (Wildman–Crippen LogP) is 1.81. The fraction of sp³-hybridized carbons (Fsp3) is 1.00. The first-order valence-corrected chi connectivity index (χ1v) is 9.64. The number of nitrogens with one attached hydrogen (secondary N) is 1. The molecule has 1 heterocycles. The highest BCUT2D eigenvalue weighted by atomic mass is 32.2. The molecule has 118 valence electrons. The Morgan fingerprint density at radius 2 is 1.85 bits per heavy atom. The van der Waals surface area contributed by atoms with Gasteiger partial charge < -0.3 is 5.32 Å². The molecule has 0 aromatic heterocycles. The molecule has 1 saturated heterocycles. The average Bonchev–Trinajstić information content (AvgIpc) is 3.18. The summed E-state index contributed by atoms with van der Waals surface area (Å²) < 4.78 is 23.9. The van der Waals surface area contributed by atoms with Crippen molar-refractivity contribution in [2.24, 2.45) is 0 Å². The van der Waals surface area contributed by atoms with Crippen molar-refractivity contribution in [2.45, 2.75) is 69.7 Å². The number of hydrogen-bond donors (Lipinski definition) is 1. The monoisotopic (exact) mass is 302 g/mol. The van der Waals surface area contributed by atoms with Crippen molar-refractivity contribution in [3.63, 3.8) is 0 Å². The average molecular weight is 302 g/mol. The Morgan fingerprint density at radius 3 is 2.35 bits per heavy atom. The van der Waals surface area contributed by atoms with Gasteiger partial charge in [0.15, 0.2) is 9.84 Å². The van der Waals surface area contributed by atoms with Crippen LogP contribution in [0.15, 0.2) is 0 Å². The summed E-state index contributed by atoms with van der Waals surface area (Å²) in [5.41, 5.74) is 0. The van der Waals surface area contributed by atoms with Crippen LogP contribution in [0.3, 0.4) is 0 Å². The van der Waals surface area contributed by atoms with Crippen LogP contribution in [0, 0.1) is 0 Å². The largest absolute Gasteiger partial charge is 0.313 e. The highest BCUT2D eigenvalue weighted by Gasteiger charge is 2.34. The lowest BCUT2D eigenvalue weighted by atomic mass is 10.0. The first-order valence-electron chi connectivity index (χ1n) is 7.99. The molecule has 1 atom stereocenters. The van der Waals surface area contributed by atoms with E-state index >= 15 is 0 Å². The quantitative estimate of drug-likeness (QED) is 0.813. The van der Waals surface area contributed by atoms with Gasteiger partial charge in [-0.2, -0.15) is 0 Å². The molecule has 1 aliphatic carbocycles. The van der Waals surface area contributed by atoms with Gasteiger partial charge in [-0.3, -0.25) is 4.90 Å². The minimum absolute atomic E-state index is 0.291. The van der Waals surface area contributed by atoms with Crippen molar-refractivity contribution in [3.05, 3.63) is 0 Å². The third kappa shape index (κ3) is 4.43. The zero-order valence-electron chi connectivity index (χ0n) is 13.2. The van der Waals surface area contributed by atoms with Crippen molar-refractivity contribution >= 4 is 9.84 Å². The zero-order chi connectivity index (χ0) is 14.8. The third-order valence-electron chi connectivity index (χ3n) is 4.51. The molecule has 5 heteroatoms. The summed E-state index contributed by atoms with van der Waals surface area (Å²) in [7, 11) is -3.00. The SMILES string of the molecule is CC(C)(C)S(=O)(=O)CCN(CC1CCCCN1)C1CC1. The lowest BCUT2D eigenvalue weighted by Crippen LogP contribution is -2.46. The Hall–Kier alpha value is -0.130. The van der Waals surface area contributed by atoms with E-state index < -0.39 is 14.6 Å². The van der Waals surface area contributed by atoms with Crippen LogP contribution in [-0.2, 0) is 9.84 Å². The number of hydrogen-bond acceptors (Lipinski definition) is 4. The van der Waals surface area contributed by atoms with E-state index in [1.165, 1.54) is 32.1 Å². The molecule has 0 amide bonds. The Balaban J connectivity index is 1.86. The van der Waals surface area contributed by atoms with Crippen LogP contribution in [0.5, 0.6) is 0 Å². The second-order valence-electron chi connectivity index (χ2n) is 7.30. The van der Waals surface area contributed by atoms with Gasteiger partial charge in [0.05, 0.1) is 10.5 Å². The summed E-state index contributed by atoms with van der Waals surface area (Å²) in [5, 5.41) is 3.57. The highest BCUT2D eigenvalue weighted by molar-refractivity contribution is 7.92. The summed E-state index contributed by atoms with van der Waals surface area (Å²) in [5.74, 6) is 0.291. The van der Waals surface area contributed by atoms with Gasteiger partial charge in [-0.25, -0.2) is 8.42 Å². The van der Waals surface area contributed by atoms with Crippen LogP contribution in [0.4, 0.5) is 0 Å². The summed E-state index contributed by atoms with van der Waals surface area (Å²) in [6.07, 6.45) is 6.29. The number of piperidine rings is 1. The number of nitrogens with zero attached hydrogens (tertiary/aromatic N) is 1. The first-order chi connectivity index (χ1) is 9.29. The molecule has 2 rings (SSSR count). The van der Waals surface area contributed by atoms with Crippen molar-refractivity contribution in [1.82, 2.24) is 10.2 Å². The third-order valence-corrected chi connectivity index (χ3v) is 7.10. The molecular weight excluding hydrogens is 272 g/mol. The van der Waals surface area contributed by atoms with Gasteiger partial charge in [-0.15, -0.1) is 0 Å². The van der Waals surface area contributed by atoms with E-state index in [9.17, 15) is 8.42 Å². The van der Waals surface area contributed by atoms with Crippen molar-refractivity contribution in [3.8, 4) is 0 Å². The molecular formula is C15H30N2O2S. The maximum atomic E-state index is 12.2. The molecule has 1 aliphatic heterocycles. The van der Waals surface area contributed by atoms with Crippen LogP contribution < -0.4 is 5.32 Å². The first kappa shape index (κ1) is 16.2. The van der Waals surface area contributed by atoms with E-state index in [1.807, 2.05) is 0 Å². The maximum Gasteiger partial charge on any atom is 0.156 e. The fourth-order valence-electron chi connectivity index (χ4n) is 2.77. The second-order valence-corrected chi connectivity index (χ2v) is 10.2. The van der Waals surface area contributed by atoms with Gasteiger partial charge >= 0.3 is 0 Å². The molecule has 2 fully saturated rings. The molecule has 0 spiro atoms. The van der Waals surface area contributed by atoms with Gasteiger partial charge in [0.25, 0.3) is 0 Å². The van der Waals surface area contributed by atoms with Crippen LogP contribution in [0.2, 0.25) is 0 Å². The Kier molecular flexibility index (Phi) is 5.14. The second kappa shape index (κ2) is 6.32. The Morgan fingerprint density at radius 1 is 1.15 bits per heavy atom. The number of sulfone groups is 1. The molecule has 4 nitrogen and oxygen atoms in total. The Bertz CT molecular complexity index is 404. The molecule has 1 unspecified atom stereocenters. The van der Waals surface area contributed by atoms with E-state index in [2.05, 4.69) is 10.2 Å². The van der Waals surface area contributed by atoms with E-state index in [0.717, 1.165) is 13.1 Å². The van der Waals surface area contributed by atoms with Crippen LogP contribution in [0.25, 0.3) is 0 Å². The molecule has 1 N–H and O–H groups in total. The van der Waals surface area contributed by atoms with Crippen molar-refractivity contribution < 1.29 is 8.42 Å². The van der Waals surface area contributed by atoms with Crippen LogP contribution in [-0.4, -0.2) is 55.5 Å². The maximum absolute atomic E-state index is 12.2. The van der Waals surface area contributed by atoms with Gasteiger partial charge in [0.2, 0.25) is 0 Å². The molecule has 20 heavy (non-hydrogen) atoms. The summed E-state index contributed by atoms with van der Waals surface area (Å²) in [6.45, 7) is 8.22. The molecule has 0 aromatic rings. The molecule has 1 saturated carbocycles. The fourth-order valence-corrected chi connectivity index (χ4v) is 3.86. The molecule has 0 radical (unpaired) electrons. The minimum Gasteiger partial charge on any atom is -0.313 e. The zero-order valence-corrected chi connectivity index (χ0v) is 14.0. The molecule has 0 aromatic carbocycles. The lowest BCUT2D eigenvalue weighted by Gasteiger charge is -2.31. The van der Waals surface area contributed by atoms with Gasteiger partial charge in [-0.05, 0) is 53.0 Å². The van der Waals surface area contributed by atoms with E-state index in [-0.39, 0.29) is 0 Å². The normalized spacial score (nSPS) is 25.1. The Labute approximate surface area is 124 Å².